The second-order valence-corrected chi connectivity index (χ2v) is 4.64. The molecule has 1 rings (SSSR count). The zero-order chi connectivity index (χ0) is 11.5. The van der Waals surface area contributed by atoms with E-state index in [1.165, 1.54) is 63.4 Å². The zero-order valence-corrected chi connectivity index (χ0v) is 15.5. The number of hydrogen-bond acceptors (Lipinski definition) is 0. The maximum atomic E-state index is 3.14. The first-order valence-electron chi connectivity index (χ1n) is 6.88. The average Bonchev–Trinajstić information content (AvgIpc) is 2.34. The van der Waals surface area contributed by atoms with Crippen molar-refractivity contribution in [2.24, 2.45) is 0 Å². The molecule has 0 unspecified atom stereocenters. The standard InChI is InChI=1S/C16H25.ClH.Zn/c1-2-3-4-5-6-7-8-10-13-16-14-11-9-12-15-16;;/h9,11,14-15H,2-8,10,13H2,1H3;1H;/q-1;;+2/p-1. The Morgan fingerprint density at radius 3 is 2.11 bits per heavy atom. The largest absolute Gasteiger partial charge is 2.00 e. The average molecular weight is 318 g/mol. The maximum absolute atomic E-state index is 3.14. The third-order valence-electron chi connectivity index (χ3n) is 3.09. The van der Waals surface area contributed by atoms with Gasteiger partial charge in [-0.15, -0.1) is 0 Å². The monoisotopic (exact) mass is 316 g/mol. The molecule has 0 fully saturated rings. The molecule has 0 N–H and O–H groups in total. The SMILES string of the molecule is CCCCCCCCCCc1c[c-]ccc1.[Cl-].[Zn+2]. The van der Waals surface area contributed by atoms with E-state index in [1.807, 2.05) is 6.07 Å². The topological polar surface area (TPSA) is 0 Å². The van der Waals surface area contributed by atoms with E-state index in [9.17, 15) is 0 Å². The number of aryl methyl sites for hydroxylation is 1. The summed E-state index contributed by atoms with van der Waals surface area (Å²) in [6, 6.07) is 11.5. The van der Waals surface area contributed by atoms with Gasteiger partial charge in [0.05, 0.1) is 0 Å². The molecule has 0 spiro atoms. The Labute approximate surface area is 132 Å². The zero-order valence-electron chi connectivity index (χ0n) is 11.8. The molecular weight excluding hydrogens is 293 g/mol. The second-order valence-electron chi connectivity index (χ2n) is 4.64. The smallest absolute Gasteiger partial charge is 1.00 e. The fraction of sp³-hybridized carbons (Fsp3) is 0.625. The minimum absolute atomic E-state index is 0. The van der Waals surface area contributed by atoms with Crippen LogP contribution in [0.25, 0.3) is 0 Å². The van der Waals surface area contributed by atoms with Crippen LogP contribution in [0.4, 0.5) is 0 Å². The molecule has 1 aromatic carbocycles. The van der Waals surface area contributed by atoms with Crippen LogP contribution in [0.1, 0.15) is 63.9 Å². The number of unbranched alkanes of at least 4 members (excludes halogenated alkanes) is 7. The molecule has 98 valence electrons. The Kier molecular flexibility index (Phi) is 17.3. The van der Waals surface area contributed by atoms with E-state index in [0.717, 1.165) is 0 Å². The molecule has 0 aliphatic rings. The van der Waals surface area contributed by atoms with E-state index < -0.39 is 0 Å². The molecule has 1 aromatic rings. The molecule has 0 amide bonds. The van der Waals surface area contributed by atoms with Gasteiger partial charge in [-0.25, -0.2) is 0 Å². The molecule has 2 heteroatoms. The molecule has 0 radical (unpaired) electrons. The molecule has 0 heterocycles. The van der Waals surface area contributed by atoms with E-state index in [0.29, 0.717) is 0 Å². The van der Waals surface area contributed by atoms with Gasteiger partial charge >= 0.3 is 19.5 Å². The maximum Gasteiger partial charge on any atom is 2.00 e. The third kappa shape index (κ3) is 11.2. The van der Waals surface area contributed by atoms with E-state index >= 15 is 0 Å². The van der Waals surface area contributed by atoms with Gasteiger partial charge in [-0.1, -0.05) is 64.7 Å². The summed E-state index contributed by atoms with van der Waals surface area (Å²) in [7, 11) is 0. The van der Waals surface area contributed by atoms with Crippen LogP contribution in [0.2, 0.25) is 0 Å². The van der Waals surface area contributed by atoms with E-state index in [-0.39, 0.29) is 31.9 Å². The van der Waals surface area contributed by atoms with E-state index in [2.05, 4.69) is 31.2 Å². The molecular formula is C16H25ClZn. The quantitative estimate of drug-likeness (QED) is 0.372. The fourth-order valence-corrected chi connectivity index (χ4v) is 2.05. The number of benzene rings is 1. The second kappa shape index (κ2) is 15.2. The summed E-state index contributed by atoms with van der Waals surface area (Å²) >= 11 is 0. The van der Waals surface area contributed by atoms with Crippen molar-refractivity contribution in [3.63, 3.8) is 0 Å². The van der Waals surface area contributed by atoms with Crippen molar-refractivity contribution in [2.45, 2.75) is 64.7 Å². The molecule has 0 saturated heterocycles. The van der Waals surface area contributed by atoms with Gasteiger partial charge < -0.3 is 12.4 Å². The molecule has 0 nitrogen and oxygen atoms in total. The van der Waals surface area contributed by atoms with Crippen LogP contribution in [-0.4, -0.2) is 0 Å². The Balaban J connectivity index is 0. The number of hydrogen-bond donors (Lipinski definition) is 0. The van der Waals surface area contributed by atoms with Crippen molar-refractivity contribution in [2.75, 3.05) is 0 Å². The molecule has 0 saturated carbocycles. The molecule has 18 heavy (non-hydrogen) atoms. The Morgan fingerprint density at radius 2 is 1.56 bits per heavy atom. The molecule has 0 aliphatic carbocycles. The summed E-state index contributed by atoms with van der Waals surface area (Å²) in [6.07, 6.45) is 12.4. The van der Waals surface area contributed by atoms with Gasteiger partial charge in [-0.3, -0.25) is 0 Å². The van der Waals surface area contributed by atoms with Crippen LogP contribution >= 0.6 is 0 Å². The van der Waals surface area contributed by atoms with E-state index in [4.69, 9.17) is 0 Å². The Morgan fingerprint density at radius 1 is 0.944 bits per heavy atom. The predicted octanol–water partition coefficient (Wildman–Crippen LogP) is 2.17. The van der Waals surface area contributed by atoms with Crippen molar-refractivity contribution in [3.05, 3.63) is 35.9 Å². The summed E-state index contributed by atoms with van der Waals surface area (Å²) < 4.78 is 0. The van der Waals surface area contributed by atoms with Crippen LogP contribution in [0.3, 0.4) is 0 Å². The molecule has 0 aliphatic heterocycles. The Hall–Kier alpha value is 0.133. The van der Waals surface area contributed by atoms with Crippen molar-refractivity contribution < 1.29 is 31.9 Å². The van der Waals surface area contributed by atoms with E-state index in [1.54, 1.807) is 0 Å². The number of halogens is 1. The Bertz CT molecular complexity index is 249. The third-order valence-corrected chi connectivity index (χ3v) is 3.09. The first kappa shape index (κ1) is 20.5. The van der Waals surface area contributed by atoms with Gasteiger partial charge in [0.2, 0.25) is 0 Å². The summed E-state index contributed by atoms with van der Waals surface area (Å²) in [5, 5.41) is 0. The minimum Gasteiger partial charge on any atom is -1.00 e. The molecule has 0 bridgehead atoms. The molecule has 0 atom stereocenters. The van der Waals surface area contributed by atoms with Crippen molar-refractivity contribution in [1.82, 2.24) is 0 Å². The van der Waals surface area contributed by atoms with Crippen LogP contribution in [-0.2, 0) is 25.9 Å². The van der Waals surface area contributed by atoms with Gasteiger partial charge in [0.1, 0.15) is 0 Å². The summed E-state index contributed by atoms with van der Waals surface area (Å²) in [6.45, 7) is 2.27. The van der Waals surface area contributed by atoms with Crippen LogP contribution in [0, 0.1) is 6.07 Å². The van der Waals surface area contributed by atoms with Gasteiger partial charge in [0.15, 0.2) is 0 Å². The van der Waals surface area contributed by atoms with Gasteiger partial charge in [-0.05, 0) is 0 Å². The van der Waals surface area contributed by atoms with Gasteiger partial charge in [-0.2, -0.15) is 35.9 Å². The fourth-order valence-electron chi connectivity index (χ4n) is 2.05. The minimum atomic E-state index is 0. The normalized spacial score (nSPS) is 9.39. The van der Waals surface area contributed by atoms with Crippen LogP contribution in [0.15, 0.2) is 24.3 Å². The summed E-state index contributed by atoms with van der Waals surface area (Å²) in [4.78, 5) is 0. The van der Waals surface area contributed by atoms with Crippen molar-refractivity contribution in [3.8, 4) is 0 Å². The van der Waals surface area contributed by atoms with Crippen molar-refractivity contribution >= 4 is 0 Å². The first-order valence-corrected chi connectivity index (χ1v) is 6.88. The summed E-state index contributed by atoms with van der Waals surface area (Å²) in [5.41, 5.74) is 1.44. The van der Waals surface area contributed by atoms with Crippen LogP contribution in [0.5, 0.6) is 0 Å². The summed E-state index contributed by atoms with van der Waals surface area (Å²) in [5.74, 6) is 0. The number of rotatable bonds is 9. The van der Waals surface area contributed by atoms with Gasteiger partial charge in [0, 0.05) is 0 Å². The van der Waals surface area contributed by atoms with Crippen LogP contribution < -0.4 is 12.4 Å². The van der Waals surface area contributed by atoms with Crippen molar-refractivity contribution in [1.29, 1.82) is 0 Å². The first-order chi connectivity index (χ1) is 7.93. The van der Waals surface area contributed by atoms with Gasteiger partial charge in [0.25, 0.3) is 0 Å². The predicted molar refractivity (Wildman–Crippen MR) is 71.6 cm³/mol. The molecule has 0 aromatic heterocycles.